The van der Waals surface area contributed by atoms with E-state index in [0.717, 1.165) is 21.5 Å². The lowest BCUT2D eigenvalue weighted by molar-refractivity contribution is -0.119. The maximum Gasteiger partial charge on any atom is 0.280 e. The van der Waals surface area contributed by atoms with Crippen LogP contribution >= 0.6 is 11.3 Å². The van der Waals surface area contributed by atoms with Gasteiger partial charge in [0, 0.05) is 4.88 Å². The van der Waals surface area contributed by atoms with Crippen LogP contribution in [-0.4, -0.2) is 22.2 Å². The minimum absolute atomic E-state index is 0.183. The van der Waals surface area contributed by atoms with E-state index in [9.17, 15) is 9.59 Å². The van der Waals surface area contributed by atoms with Crippen molar-refractivity contribution in [2.45, 2.75) is 20.3 Å². The molecule has 24 heavy (non-hydrogen) atoms. The van der Waals surface area contributed by atoms with Gasteiger partial charge >= 0.3 is 0 Å². The molecule has 2 heterocycles. The summed E-state index contributed by atoms with van der Waals surface area (Å²) in [7, 11) is 0. The Kier molecular flexibility index (Phi) is 4.61. The first kappa shape index (κ1) is 16.2. The molecule has 0 bridgehead atoms. The second-order valence-electron chi connectivity index (χ2n) is 5.34. The van der Waals surface area contributed by atoms with E-state index in [-0.39, 0.29) is 12.2 Å². The second-order valence-corrected chi connectivity index (χ2v) is 6.46. The molecule has 7 heteroatoms. The Morgan fingerprint density at radius 3 is 2.79 bits per heavy atom. The second kappa shape index (κ2) is 6.84. The fourth-order valence-electron chi connectivity index (χ4n) is 2.18. The van der Waals surface area contributed by atoms with Crippen LogP contribution in [0.2, 0.25) is 0 Å². The van der Waals surface area contributed by atoms with E-state index in [0.29, 0.717) is 16.0 Å². The number of ether oxygens (including phenoxy) is 1. The first-order valence-electron chi connectivity index (χ1n) is 7.56. The predicted molar refractivity (Wildman–Crippen MR) is 94.3 cm³/mol. The summed E-state index contributed by atoms with van der Waals surface area (Å²) in [5, 5.41) is 0.513. The summed E-state index contributed by atoms with van der Waals surface area (Å²) in [4.78, 5) is 30.3. The van der Waals surface area contributed by atoms with Crippen LogP contribution in [0.5, 0.6) is 5.75 Å². The van der Waals surface area contributed by atoms with E-state index in [1.165, 1.54) is 17.7 Å². The van der Waals surface area contributed by atoms with Gasteiger partial charge in [-0.25, -0.2) is 9.66 Å². The topological polar surface area (TPSA) is 73.2 Å². The molecule has 0 radical (unpaired) electrons. The lowest BCUT2D eigenvalue weighted by Crippen LogP contribution is -2.35. The zero-order valence-corrected chi connectivity index (χ0v) is 14.2. The van der Waals surface area contributed by atoms with Crippen molar-refractivity contribution in [2.75, 3.05) is 12.0 Å². The summed E-state index contributed by atoms with van der Waals surface area (Å²) in [5.41, 5.74) is 3.31. The Morgan fingerprint density at radius 2 is 2.08 bits per heavy atom. The van der Waals surface area contributed by atoms with Crippen LogP contribution < -0.4 is 15.7 Å². The van der Waals surface area contributed by atoms with Gasteiger partial charge in [0.25, 0.3) is 11.5 Å². The SMILES string of the molecule is CCc1cc2c(=O)n(NC(=O)COc3ccc(C)cc3)cnc2s1. The highest BCUT2D eigenvalue weighted by Crippen LogP contribution is 2.20. The number of carbonyl (C=O) groups excluding carboxylic acids is 1. The van der Waals surface area contributed by atoms with Gasteiger partial charge in [-0.3, -0.25) is 15.0 Å². The van der Waals surface area contributed by atoms with Crippen LogP contribution in [0.3, 0.4) is 0 Å². The van der Waals surface area contributed by atoms with Crippen molar-refractivity contribution in [1.29, 1.82) is 0 Å². The van der Waals surface area contributed by atoms with Crippen LogP contribution in [0.4, 0.5) is 0 Å². The number of carbonyl (C=O) groups is 1. The minimum Gasteiger partial charge on any atom is -0.484 e. The quantitative estimate of drug-likeness (QED) is 0.772. The van der Waals surface area contributed by atoms with Crippen molar-refractivity contribution in [1.82, 2.24) is 9.66 Å². The largest absolute Gasteiger partial charge is 0.484 e. The summed E-state index contributed by atoms with van der Waals surface area (Å²) >= 11 is 1.49. The molecule has 3 rings (SSSR count). The van der Waals surface area contributed by atoms with Gasteiger partial charge < -0.3 is 4.74 Å². The molecule has 6 nitrogen and oxygen atoms in total. The first-order valence-corrected chi connectivity index (χ1v) is 8.38. The highest BCUT2D eigenvalue weighted by atomic mass is 32.1. The third-order valence-corrected chi connectivity index (χ3v) is 4.68. The third kappa shape index (κ3) is 3.46. The van der Waals surface area contributed by atoms with Gasteiger partial charge in [0.15, 0.2) is 6.61 Å². The fraction of sp³-hybridized carbons (Fsp3) is 0.235. The monoisotopic (exact) mass is 343 g/mol. The molecule has 3 aromatic rings. The van der Waals surface area contributed by atoms with E-state index in [1.54, 1.807) is 12.1 Å². The average Bonchev–Trinajstić information content (AvgIpc) is 3.01. The molecular weight excluding hydrogens is 326 g/mol. The van der Waals surface area contributed by atoms with Crippen LogP contribution in [0.1, 0.15) is 17.4 Å². The van der Waals surface area contributed by atoms with E-state index in [2.05, 4.69) is 10.4 Å². The van der Waals surface area contributed by atoms with Gasteiger partial charge in [-0.2, -0.15) is 0 Å². The van der Waals surface area contributed by atoms with E-state index >= 15 is 0 Å². The molecule has 0 saturated carbocycles. The number of aromatic nitrogens is 2. The molecule has 0 atom stereocenters. The summed E-state index contributed by atoms with van der Waals surface area (Å²) in [6, 6.07) is 9.20. The highest BCUT2D eigenvalue weighted by Gasteiger charge is 2.10. The molecule has 1 amide bonds. The smallest absolute Gasteiger partial charge is 0.280 e. The van der Waals surface area contributed by atoms with Crippen LogP contribution in [0, 0.1) is 6.92 Å². The van der Waals surface area contributed by atoms with Crippen molar-refractivity contribution in [3.05, 3.63) is 57.5 Å². The van der Waals surface area contributed by atoms with Crippen LogP contribution in [0.25, 0.3) is 10.2 Å². The van der Waals surface area contributed by atoms with Gasteiger partial charge in [-0.1, -0.05) is 24.6 Å². The first-order chi connectivity index (χ1) is 11.6. The zero-order chi connectivity index (χ0) is 17.1. The molecule has 0 spiro atoms. The van der Waals surface area contributed by atoms with Crippen molar-refractivity contribution < 1.29 is 9.53 Å². The number of aryl methyl sites for hydroxylation is 2. The molecule has 2 aromatic heterocycles. The molecule has 124 valence electrons. The Bertz CT molecular complexity index is 928. The number of hydrogen-bond donors (Lipinski definition) is 1. The summed E-state index contributed by atoms with van der Waals surface area (Å²) < 4.78 is 6.49. The van der Waals surface area contributed by atoms with E-state index < -0.39 is 5.91 Å². The summed E-state index contributed by atoms with van der Waals surface area (Å²) in [5.74, 6) is 0.173. The number of fused-ring (bicyclic) bond motifs is 1. The Labute approximate surface area is 142 Å². The fourth-order valence-corrected chi connectivity index (χ4v) is 3.10. The van der Waals surface area contributed by atoms with Gasteiger partial charge in [0.05, 0.1) is 5.39 Å². The standard InChI is InChI=1S/C17H17N3O3S/c1-3-13-8-14-16(24-13)18-10-20(17(14)22)19-15(21)9-23-12-6-4-11(2)5-7-12/h4-8,10H,3,9H2,1-2H3,(H,19,21). The number of benzene rings is 1. The third-order valence-electron chi connectivity index (χ3n) is 3.49. The molecule has 1 aromatic carbocycles. The Balaban J connectivity index is 1.69. The van der Waals surface area contributed by atoms with Crippen molar-refractivity contribution >= 4 is 27.5 Å². The summed E-state index contributed by atoms with van der Waals surface area (Å²) in [6.45, 7) is 3.81. The number of nitrogens with zero attached hydrogens (tertiary/aromatic N) is 2. The summed E-state index contributed by atoms with van der Waals surface area (Å²) in [6.07, 6.45) is 2.17. The Hall–Kier alpha value is -2.67. The maximum absolute atomic E-state index is 12.4. The predicted octanol–water partition coefficient (Wildman–Crippen LogP) is 2.48. The zero-order valence-electron chi connectivity index (χ0n) is 13.4. The molecule has 0 saturated heterocycles. The molecule has 0 aliphatic heterocycles. The average molecular weight is 343 g/mol. The van der Waals surface area contributed by atoms with Crippen LogP contribution in [0.15, 0.2) is 41.5 Å². The number of rotatable bonds is 5. The molecular formula is C17H17N3O3S. The van der Waals surface area contributed by atoms with Crippen molar-refractivity contribution in [3.8, 4) is 5.75 Å². The van der Waals surface area contributed by atoms with Gasteiger partial charge in [0.1, 0.15) is 16.9 Å². The molecule has 1 N–H and O–H groups in total. The van der Waals surface area contributed by atoms with Gasteiger partial charge in [0.2, 0.25) is 0 Å². The van der Waals surface area contributed by atoms with Gasteiger partial charge in [-0.05, 0) is 31.5 Å². The van der Waals surface area contributed by atoms with E-state index in [1.807, 2.05) is 32.0 Å². The van der Waals surface area contributed by atoms with Gasteiger partial charge in [-0.15, -0.1) is 11.3 Å². The molecule has 0 unspecified atom stereocenters. The number of nitrogens with one attached hydrogen (secondary N) is 1. The molecule has 0 fully saturated rings. The number of hydrogen-bond acceptors (Lipinski definition) is 5. The molecule has 0 aliphatic rings. The number of amides is 1. The van der Waals surface area contributed by atoms with Crippen molar-refractivity contribution in [3.63, 3.8) is 0 Å². The van der Waals surface area contributed by atoms with Crippen molar-refractivity contribution in [2.24, 2.45) is 0 Å². The minimum atomic E-state index is -0.426. The lowest BCUT2D eigenvalue weighted by Gasteiger charge is -2.09. The normalized spacial score (nSPS) is 10.8. The Morgan fingerprint density at radius 1 is 1.33 bits per heavy atom. The highest BCUT2D eigenvalue weighted by molar-refractivity contribution is 7.18. The van der Waals surface area contributed by atoms with E-state index in [4.69, 9.17) is 4.74 Å². The number of thiophene rings is 1. The maximum atomic E-state index is 12.4. The molecule has 0 aliphatic carbocycles. The van der Waals surface area contributed by atoms with Crippen LogP contribution in [-0.2, 0) is 11.2 Å². The lowest BCUT2D eigenvalue weighted by atomic mass is 10.2.